The Morgan fingerprint density at radius 1 is 1.17 bits per heavy atom. The number of anilines is 1. The van der Waals surface area contributed by atoms with Crippen LogP contribution in [0.15, 0.2) is 12.1 Å². The molecule has 0 aliphatic carbocycles. The number of hydrogen-bond acceptors (Lipinski definition) is 5. The molecule has 0 aliphatic heterocycles. The highest BCUT2D eigenvalue weighted by atomic mass is 19.4. The van der Waals surface area contributed by atoms with Crippen molar-refractivity contribution in [2.75, 3.05) is 19.5 Å². The molecule has 0 aliphatic rings. The van der Waals surface area contributed by atoms with Crippen molar-refractivity contribution in [1.82, 2.24) is 9.97 Å². The monoisotopic (exact) mass is 329 g/mol. The van der Waals surface area contributed by atoms with E-state index in [1.165, 1.54) is 14.2 Å². The molecule has 0 bridgehead atoms. The minimum Gasteiger partial charge on any atom is -0.493 e. The Balaban J connectivity index is 2.77. The van der Waals surface area contributed by atoms with Gasteiger partial charge >= 0.3 is 6.18 Å². The number of hydrogen-bond donors (Lipinski definition) is 1. The maximum atomic E-state index is 13.1. The number of aromatic nitrogens is 2. The van der Waals surface area contributed by atoms with Crippen LogP contribution in [0.25, 0.3) is 10.9 Å². The van der Waals surface area contributed by atoms with Crippen LogP contribution in [-0.4, -0.2) is 30.2 Å². The molecule has 23 heavy (non-hydrogen) atoms. The summed E-state index contributed by atoms with van der Waals surface area (Å²) in [6, 6.07) is 3.18. The summed E-state index contributed by atoms with van der Waals surface area (Å²) in [4.78, 5) is 7.29. The first-order chi connectivity index (χ1) is 10.8. The fourth-order valence-corrected chi connectivity index (χ4v) is 2.08. The molecule has 1 aromatic carbocycles. The molecule has 2 rings (SSSR count). The molecular formula is C15H18F3N3O2. The molecule has 0 amide bonds. The summed E-state index contributed by atoms with van der Waals surface area (Å²) in [6.07, 6.45) is -3.92. The van der Waals surface area contributed by atoms with E-state index in [9.17, 15) is 13.2 Å². The van der Waals surface area contributed by atoms with Gasteiger partial charge in [-0.25, -0.2) is 9.97 Å². The Bertz CT molecular complexity index is 704. The van der Waals surface area contributed by atoms with Crippen molar-refractivity contribution in [3.63, 3.8) is 0 Å². The first-order valence-electron chi connectivity index (χ1n) is 7.08. The van der Waals surface area contributed by atoms with E-state index in [0.29, 0.717) is 11.1 Å². The highest BCUT2D eigenvalue weighted by Gasteiger charge is 2.36. The average molecular weight is 329 g/mol. The van der Waals surface area contributed by atoms with Crippen molar-refractivity contribution in [3.8, 4) is 11.5 Å². The molecule has 0 saturated heterocycles. The van der Waals surface area contributed by atoms with Gasteiger partial charge in [0.15, 0.2) is 11.5 Å². The number of ether oxygens (including phenoxy) is 2. The van der Waals surface area contributed by atoms with Gasteiger partial charge < -0.3 is 14.8 Å². The number of nitrogens with one attached hydrogen (secondary N) is 1. The van der Waals surface area contributed by atoms with Crippen LogP contribution in [0.3, 0.4) is 0 Å². The minimum absolute atomic E-state index is 0.0396. The summed E-state index contributed by atoms with van der Waals surface area (Å²) >= 11 is 0. The summed E-state index contributed by atoms with van der Waals surface area (Å²) < 4.78 is 49.6. The van der Waals surface area contributed by atoms with E-state index < -0.39 is 12.0 Å². The van der Waals surface area contributed by atoms with Crippen molar-refractivity contribution in [3.05, 3.63) is 18.0 Å². The Labute approximate surface area is 131 Å². The molecule has 1 unspecified atom stereocenters. The summed E-state index contributed by atoms with van der Waals surface area (Å²) in [7, 11) is 2.77. The summed E-state index contributed by atoms with van der Waals surface area (Å²) in [5.41, 5.74) is 0.0555. The molecule has 1 aromatic heterocycles. The SMILES string of the molecule is CCC(C)Nc1nc(C(F)(F)F)nc2c(OC)c(OC)ccc12. The average Bonchev–Trinajstić information content (AvgIpc) is 2.52. The predicted octanol–water partition coefficient (Wildman–Crippen LogP) is 3.88. The van der Waals surface area contributed by atoms with Gasteiger partial charge in [-0.05, 0) is 25.5 Å². The van der Waals surface area contributed by atoms with Gasteiger partial charge in [-0.1, -0.05) is 6.92 Å². The lowest BCUT2D eigenvalue weighted by molar-refractivity contribution is -0.144. The Kier molecular flexibility index (Phi) is 4.82. The van der Waals surface area contributed by atoms with Crippen LogP contribution in [0.2, 0.25) is 0 Å². The quantitative estimate of drug-likeness (QED) is 0.902. The Hall–Kier alpha value is -2.25. The van der Waals surface area contributed by atoms with E-state index in [1.807, 2.05) is 13.8 Å². The first kappa shape index (κ1) is 17.1. The van der Waals surface area contributed by atoms with Crippen molar-refractivity contribution in [2.45, 2.75) is 32.5 Å². The molecule has 1 atom stereocenters. The van der Waals surface area contributed by atoms with Crippen molar-refractivity contribution in [1.29, 1.82) is 0 Å². The van der Waals surface area contributed by atoms with Gasteiger partial charge in [-0.15, -0.1) is 0 Å². The summed E-state index contributed by atoms with van der Waals surface area (Å²) in [5, 5.41) is 3.43. The number of halogens is 3. The van der Waals surface area contributed by atoms with Crippen molar-refractivity contribution in [2.24, 2.45) is 0 Å². The molecular weight excluding hydrogens is 311 g/mol. The molecule has 126 valence electrons. The fraction of sp³-hybridized carbons (Fsp3) is 0.467. The van der Waals surface area contributed by atoms with Gasteiger partial charge in [-0.3, -0.25) is 0 Å². The van der Waals surface area contributed by atoms with Crippen molar-refractivity contribution < 1.29 is 22.6 Å². The van der Waals surface area contributed by atoms with Gasteiger partial charge in [0.1, 0.15) is 11.3 Å². The zero-order valence-corrected chi connectivity index (χ0v) is 13.3. The van der Waals surface area contributed by atoms with Crippen LogP contribution in [0.1, 0.15) is 26.1 Å². The molecule has 8 heteroatoms. The highest BCUT2D eigenvalue weighted by Crippen LogP contribution is 2.38. The minimum atomic E-state index is -4.66. The van der Waals surface area contributed by atoms with Gasteiger partial charge in [-0.2, -0.15) is 13.2 Å². The fourth-order valence-electron chi connectivity index (χ4n) is 2.08. The number of methoxy groups -OCH3 is 2. The van der Waals surface area contributed by atoms with Crippen molar-refractivity contribution >= 4 is 16.7 Å². The van der Waals surface area contributed by atoms with Crippen LogP contribution >= 0.6 is 0 Å². The second kappa shape index (κ2) is 6.47. The van der Waals surface area contributed by atoms with Gasteiger partial charge in [0.05, 0.1) is 14.2 Å². The van der Waals surface area contributed by atoms with Crippen LogP contribution < -0.4 is 14.8 Å². The van der Waals surface area contributed by atoms with Crippen LogP contribution in [-0.2, 0) is 6.18 Å². The van der Waals surface area contributed by atoms with E-state index in [2.05, 4.69) is 15.3 Å². The van der Waals surface area contributed by atoms with E-state index in [4.69, 9.17) is 9.47 Å². The zero-order chi connectivity index (χ0) is 17.2. The molecule has 1 heterocycles. The second-order valence-electron chi connectivity index (χ2n) is 5.04. The topological polar surface area (TPSA) is 56.3 Å². The standard InChI is InChI=1S/C15H18F3N3O2/c1-5-8(2)19-13-9-6-7-10(22-3)12(23-4)11(9)20-14(21-13)15(16,17)18/h6-8H,5H2,1-4H3,(H,19,20,21). The summed E-state index contributed by atoms with van der Waals surface area (Å²) in [5.74, 6) is -0.647. The maximum absolute atomic E-state index is 13.1. The van der Waals surface area contributed by atoms with Gasteiger partial charge in [0, 0.05) is 11.4 Å². The van der Waals surface area contributed by atoms with E-state index in [1.54, 1.807) is 12.1 Å². The molecule has 0 spiro atoms. The molecule has 5 nitrogen and oxygen atoms in total. The summed E-state index contributed by atoms with van der Waals surface area (Å²) in [6.45, 7) is 3.79. The zero-order valence-electron chi connectivity index (χ0n) is 13.3. The Morgan fingerprint density at radius 3 is 2.39 bits per heavy atom. The molecule has 0 radical (unpaired) electrons. The number of nitrogens with zero attached hydrogens (tertiary/aromatic N) is 2. The lowest BCUT2D eigenvalue weighted by Gasteiger charge is -2.18. The van der Waals surface area contributed by atoms with Crippen LogP contribution in [0.5, 0.6) is 11.5 Å². The van der Waals surface area contributed by atoms with E-state index in [0.717, 1.165) is 6.42 Å². The van der Waals surface area contributed by atoms with Crippen LogP contribution in [0.4, 0.5) is 19.0 Å². The van der Waals surface area contributed by atoms with E-state index in [-0.39, 0.29) is 23.1 Å². The molecule has 2 aromatic rings. The number of rotatable bonds is 5. The molecule has 1 N–H and O–H groups in total. The first-order valence-corrected chi connectivity index (χ1v) is 7.08. The Morgan fingerprint density at radius 2 is 1.87 bits per heavy atom. The third kappa shape index (κ3) is 3.40. The molecule has 0 saturated carbocycles. The number of fused-ring (bicyclic) bond motifs is 1. The maximum Gasteiger partial charge on any atom is 0.451 e. The smallest absolute Gasteiger partial charge is 0.451 e. The lowest BCUT2D eigenvalue weighted by atomic mass is 10.1. The van der Waals surface area contributed by atoms with Gasteiger partial charge in [0.25, 0.3) is 0 Å². The normalized spacial score (nSPS) is 13.0. The lowest BCUT2D eigenvalue weighted by Crippen LogP contribution is -2.18. The van der Waals surface area contributed by atoms with Crippen LogP contribution in [0, 0.1) is 0 Å². The predicted molar refractivity (Wildman–Crippen MR) is 81.0 cm³/mol. The number of benzene rings is 1. The number of alkyl halides is 3. The second-order valence-corrected chi connectivity index (χ2v) is 5.04. The third-order valence-electron chi connectivity index (χ3n) is 3.46. The molecule has 0 fully saturated rings. The highest BCUT2D eigenvalue weighted by molar-refractivity contribution is 5.95. The largest absolute Gasteiger partial charge is 0.493 e. The third-order valence-corrected chi connectivity index (χ3v) is 3.46. The van der Waals surface area contributed by atoms with E-state index >= 15 is 0 Å². The van der Waals surface area contributed by atoms with Gasteiger partial charge in [0.2, 0.25) is 5.82 Å².